The van der Waals surface area contributed by atoms with Crippen LogP contribution >= 0.6 is 11.8 Å². The molecule has 0 bridgehead atoms. The summed E-state index contributed by atoms with van der Waals surface area (Å²) in [4.78, 5) is 22.3. The van der Waals surface area contributed by atoms with E-state index in [1.54, 1.807) is 5.41 Å². The van der Waals surface area contributed by atoms with E-state index < -0.39 is 11.9 Å². The van der Waals surface area contributed by atoms with Gasteiger partial charge in [-0.05, 0) is 17.5 Å². The van der Waals surface area contributed by atoms with Crippen LogP contribution in [-0.2, 0) is 14.3 Å². The van der Waals surface area contributed by atoms with E-state index >= 15 is 0 Å². The second-order valence-corrected chi connectivity index (χ2v) is 3.79. The molecule has 0 unspecified atom stereocenters. The Morgan fingerprint density at radius 3 is 2.62 bits per heavy atom. The fourth-order valence-corrected chi connectivity index (χ4v) is 1.51. The number of carbonyl (C=O) groups excluding carboxylic acids is 2. The minimum Gasteiger partial charge on any atom is -0.452 e. The summed E-state index contributed by atoms with van der Waals surface area (Å²) in [5.41, 5.74) is 4.82. The molecule has 0 atom stereocenters. The van der Waals surface area contributed by atoms with Crippen molar-refractivity contribution in [2.24, 2.45) is 5.73 Å². The van der Waals surface area contributed by atoms with Crippen LogP contribution in [0.4, 0.5) is 0 Å². The Morgan fingerprint density at radius 2 is 2.00 bits per heavy atom. The summed E-state index contributed by atoms with van der Waals surface area (Å²) >= 11 is 1.39. The zero-order valence-electron chi connectivity index (χ0n) is 8.46. The van der Waals surface area contributed by atoms with Crippen molar-refractivity contribution in [3.63, 3.8) is 0 Å². The molecule has 1 aromatic rings. The number of hydrogen-bond acceptors (Lipinski definition) is 4. The molecule has 0 radical (unpaired) electrons. The summed E-state index contributed by atoms with van der Waals surface area (Å²) < 4.78 is 4.53. The van der Waals surface area contributed by atoms with Gasteiger partial charge in [0.05, 0.1) is 0 Å². The quantitative estimate of drug-likeness (QED) is 0.476. The van der Waals surface area contributed by atoms with Crippen molar-refractivity contribution < 1.29 is 14.3 Å². The third-order valence-electron chi connectivity index (χ3n) is 1.51. The molecule has 0 spiro atoms. The first-order valence-corrected chi connectivity index (χ1v) is 5.40. The number of hydrogen-bond donors (Lipinski definition) is 1. The van der Waals surface area contributed by atoms with E-state index in [4.69, 9.17) is 5.73 Å². The number of rotatable bonds is 5. The molecule has 0 saturated carbocycles. The van der Waals surface area contributed by atoms with Gasteiger partial charge in [-0.15, -0.1) is 0 Å². The molecule has 84 valence electrons. The van der Waals surface area contributed by atoms with Gasteiger partial charge in [0.25, 0.3) is 5.91 Å². The molecule has 0 saturated heterocycles. The summed E-state index contributed by atoms with van der Waals surface area (Å²) in [6, 6.07) is 9.56. The van der Waals surface area contributed by atoms with E-state index in [1.165, 1.54) is 17.8 Å². The minimum absolute atomic E-state index is 0.390. The summed E-state index contributed by atoms with van der Waals surface area (Å²) in [6.07, 6.45) is 1.25. The molecule has 0 aliphatic carbocycles. The van der Waals surface area contributed by atoms with Crippen LogP contribution in [0.15, 0.2) is 46.7 Å². The minimum atomic E-state index is -0.669. The Morgan fingerprint density at radius 1 is 1.31 bits per heavy atom. The molecule has 16 heavy (non-hydrogen) atoms. The molecule has 0 aliphatic heterocycles. The molecule has 5 heteroatoms. The summed E-state index contributed by atoms with van der Waals surface area (Å²) in [6.45, 7) is -0.390. The molecule has 0 fully saturated rings. The van der Waals surface area contributed by atoms with Crippen molar-refractivity contribution in [3.8, 4) is 0 Å². The maximum Gasteiger partial charge on any atom is 0.331 e. The molecular formula is C11H11NO3S. The van der Waals surface area contributed by atoms with Gasteiger partial charge < -0.3 is 10.5 Å². The van der Waals surface area contributed by atoms with E-state index in [0.717, 1.165) is 4.90 Å². The number of carbonyl (C=O) groups is 2. The SMILES string of the molecule is NC(=O)COC(=O)/C=C/Sc1ccccc1. The smallest absolute Gasteiger partial charge is 0.331 e. The lowest BCUT2D eigenvalue weighted by atomic mass is 10.4. The highest BCUT2D eigenvalue weighted by atomic mass is 32.2. The van der Waals surface area contributed by atoms with E-state index in [-0.39, 0.29) is 6.61 Å². The molecule has 0 aliphatic rings. The first kappa shape index (κ1) is 12.3. The molecule has 0 aromatic heterocycles. The second kappa shape index (κ2) is 6.68. The molecule has 2 N–H and O–H groups in total. The molecule has 1 aromatic carbocycles. The number of primary amides is 1. The van der Waals surface area contributed by atoms with Gasteiger partial charge in [-0.2, -0.15) is 0 Å². The lowest BCUT2D eigenvalue weighted by molar-refractivity contribution is -0.142. The lowest BCUT2D eigenvalue weighted by Crippen LogP contribution is -2.19. The maximum absolute atomic E-state index is 11.0. The Bertz CT molecular complexity index is 389. The number of benzene rings is 1. The van der Waals surface area contributed by atoms with E-state index in [1.807, 2.05) is 30.3 Å². The predicted molar refractivity (Wildman–Crippen MR) is 61.6 cm³/mol. The van der Waals surface area contributed by atoms with Crippen LogP contribution in [0.5, 0.6) is 0 Å². The normalized spacial score (nSPS) is 10.2. The molecule has 1 rings (SSSR count). The summed E-state index contributed by atoms with van der Waals surface area (Å²) in [5.74, 6) is -1.25. The third-order valence-corrected chi connectivity index (χ3v) is 2.32. The van der Waals surface area contributed by atoms with Crippen molar-refractivity contribution in [1.29, 1.82) is 0 Å². The van der Waals surface area contributed by atoms with Gasteiger partial charge in [-0.3, -0.25) is 4.79 Å². The van der Waals surface area contributed by atoms with Crippen molar-refractivity contribution in [2.45, 2.75) is 4.90 Å². The Kier molecular flexibility index (Phi) is 5.15. The fourth-order valence-electron chi connectivity index (χ4n) is 0.858. The van der Waals surface area contributed by atoms with E-state index in [9.17, 15) is 9.59 Å². The van der Waals surface area contributed by atoms with Gasteiger partial charge in [0.2, 0.25) is 0 Å². The number of ether oxygens (including phenoxy) is 1. The van der Waals surface area contributed by atoms with Crippen molar-refractivity contribution >= 4 is 23.6 Å². The number of amides is 1. The summed E-state index contributed by atoms with van der Waals surface area (Å²) in [5, 5.41) is 1.60. The monoisotopic (exact) mass is 237 g/mol. The van der Waals surface area contributed by atoms with Gasteiger partial charge in [0.1, 0.15) is 0 Å². The second-order valence-electron chi connectivity index (χ2n) is 2.81. The predicted octanol–water partition coefficient (Wildman–Crippen LogP) is 1.32. The fraction of sp³-hybridized carbons (Fsp3) is 0.0909. The highest BCUT2D eigenvalue weighted by Crippen LogP contribution is 2.17. The standard InChI is InChI=1S/C11H11NO3S/c12-10(13)8-15-11(14)6-7-16-9-4-2-1-3-5-9/h1-7H,8H2,(H2,12,13)/b7-6+. The van der Waals surface area contributed by atoms with E-state index in [0.29, 0.717) is 0 Å². The van der Waals surface area contributed by atoms with Gasteiger partial charge in [0, 0.05) is 11.0 Å². The van der Waals surface area contributed by atoms with Gasteiger partial charge in [0.15, 0.2) is 6.61 Å². The van der Waals surface area contributed by atoms with Crippen LogP contribution in [0, 0.1) is 0 Å². The van der Waals surface area contributed by atoms with Gasteiger partial charge >= 0.3 is 5.97 Å². The van der Waals surface area contributed by atoms with Crippen molar-refractivity contribution in [3.05, 3.63) is 41.8 Å². The average molecular weight is 237 g/mol. The van der Waals surface area contributed by atoms with Crippen LogP contribution in [0.2, 0.25) is 0 Å². The van der Waals surface area contributed by atoms with Crippen molar-refractivity contribution in [2.75, 3.05) is 6.61 Å². The van der Waals surface area contributed by atoms with Crippen LogP contribution in [0.3, 0.4) is 0 Å². The third kappa shape index (κ3) is 5.21. The Balaban J connectivity index is 2.32. The van der Waals surface area contributed by atoms with Crippen molar-refractivity contribution in [1.82, 2.24) is 0 Å². The zero-order chi connectivity index (χ0) is 11.8. The zero-order valence-corrected chi connectivity index (χ0v) is 9.28. The van der Waals surface area contributed by atoms with Gasteiger partial charge in [-0.25, -0.2) is 4.79 Å². The lowest BCUT2D eigenvalue weighted by Gasteiger charge is -1.97. The molecule has 0 heterocycles. The van der Waals surface area contributed by atoms with Gasteiger partial charge in [-0.1, -0.05) is 30.0 Å². The molecule has 4 nitrogen and oxygen atoms in total. The number of esters is 1. The van der Waals surface area contributed by atoms with Crippen LogP contribution in [0.25, 0.3) is 0 Å². The van der Waals surface area contributed by atoms with Crippen LogP contribution < -0.4 is 5.73 Å². The van der Waals surface area contributed by atoms with Crippen LogP contribution in [0.1, 0.15) is 0 Å². The van der Waals surface area contributed by atoms with E-state index in [2.05, 4.69) is 4.74 Å². The topological polar surface area (TPSA) is 69.4 Å². The molecule has 1 amide bonds. The summed E-state index contributed by atoms with van der Waals surface area (Å²) in [7, 11) is 0. The Labute approximate surface area is 97.5 Å². The maximum atomic E-state index is 11.0. The molecular weight excluding hydrogens is 226 g/mol. The average Bonchev–Trinajstić information content (AvgIpc) is 2.28. The first-order chi connectivity index (χ1) is 7.68. The number of nitrogens with two attached hydrogens (primary N) is 1. The Hall–Kier alpha value is -1.75. The largest absolute Gasteiger partial charge is 0.452 e. The highest BCUT2D eigenvalue weighted by Gasteiger charge is 1.99. The number of thioether (sulfide) groups is 1. The van der Waals surface area contributed by atoms with Crippen LogP contribution in [-0.4, -0.2) is 18.5 Å². The first-order valence-electron chi connectivity index (χ1n) is 4.52. The highest BCUT2D eigenvalue weighted by molar-refractivity contribution is 8.02.